The van der Waals surface area contributed by atoms with Crippen molar-refractivity contribution in [2.24, 2.45) is 5.92 Å². The van der Waals surface area contributed by atoms with E-state index in [9.17, 15) is 9.90 Å². The van der Waals surface area contributed by atoms with Crippen LogP contribution in [0.3, 0.4) is 0 Å². The Morgan fingerprint density at radius 2 is 1.82 bits per heavy atom. The molecule has 2 rings (SSSR count). The van der Waals surface area contributed by atoms with Crippen molar-refractivity contribution in [1.29, 1.82) is 0 Å². The Morgan fingerprint density at radius 3 is 2.39 bits per heavy atom. The van der Waals surface area contributed by atoms with Gasteiger partial charge in [-0.05, 0) is 37.7 Å². The van der Waals surface area contributed by atoms with Crippen LogP contribution < -0.4 is 4.74 Å². The van der Waals surface area contributed by atoms with Crippen molar-refractivity contribution in [2.75, 3.05) is 0 Å². The molecule has 0 heterocycles. The van der Waals surface area contributed by atoms with Crippen molar-refractivity contribution < 1.29 is 19.4 Å². The lowest BCUT2D eigenvalue weighted by atomic mass is 9.89. The minimum absolute atomic E-state index is 0.0358. The Balaban J connectivity index is 0.00000122. The highest BCUT2D eigenvalue weighted by Gasteiger charge is 2.27. The monoisotopic (exact) mass is 392 g/mol. The predicted molar refractivity (Wildman–Crippen MR) is 115 cm³/mol. The second-order valence-corrected chi connectivity index (χ2v) is 8.09. The molecule has 1 aromatic carbocycles. The molecular weight excluding hydrogens is 352 g/mol. The van der Waals surface area contributed by atoms with Gasteiger partial charge in [-0.1, -0.05) is 65.7 Å². The largest absolute Gasteiger partial charge is 0.462 e. The zero-order valence-electron chi connectivity index (χ0n) is 18.7. The summed E-state index contributed by atoms with van der Waals surface area (Å²) < 4.78 is 11.6. The number of benzene rings is 1. The molecule has 0 aliphatic heterocycles. The third kappa shape index (κ3) is 7.83. The normalized spacial score (nSPS) is 19.4. The van der Waals surface area contributed by atoms with Crippen LogP contribution in [0.15, 0.2) is 18.2 Å². The summed E-state index contributed by atoms with van der Waals surface area (Å²) in [6.45, 7) is 12.2. The lowest BCUT2D eigenvalue weighted by Gasteiger charge is -2.29. The second kappa shape index (κ2) is 12.1. The van der Waals surface area contributed by atoms with Gasteiger partial charge in [-0.25, -0.2) is 0 Å². The van der Waals surface area contributed by atoms with Gasteiger partial charge in [-0.15, -0.1) is 0 Å². The average Bonchev–Trinajstić information content (AvgIpc) is 2.65. The van der Waals surface area contributed by atoms with Crippen molar-refractivity contribution in [2.45, 2.75) is 105 Å². The van der Waals surface area contributed by atoms with Crippen molar-refractivity contribution >= 4 is 5.97 Å². The SMILES string of the molecule is CCC.CCC(O)(CC)Oc1c(C)cccc1CC(=O)OC1CCCC(C)C1. The highest BCUT2D eigenvalue weighted by molar-refractivity contribution is 5.74. The molecule has 0 spiro atoms. The fourth-order valence-corrected chi connectivity index (χ4v) is 3.45. The first-order valence-corrected chi connectivity index (χ1v) is 11.0. The molecule has 1 aliphatic rings. The number of ether oxygens (including phenoxy) is 2. The summed E-state index contributed by atoms with van der Waals surface area (Å²) in [6, 6.07) is 5.71. The Labute approximate surface area is 171 Å². The maximum atomic E-state index is 12.4. The lowest BCUT2D eigenvalue weighted by Crippen LogP contribution is -2.34. The van der Waals surface area contributed by atoms with Gasteiger partial charge >= 0.3 is 5.97 Å². The first-order valence-electron chi connectivity index (χ1n) is 11.0. The summed E-state index contributed by atoms with van der Waals surface area (Å²) in [5, 5.41) is 10.5. The number of hydrogen-bond donors (Lipinski definition) is 1. The molecule has 160 valence electrons. The van der Waals surface area contributed by atoms with Gasteiger partial charge in [-0.3, -0.25) is 4.79 Å². The van der Waals surface area contributed by atoms with Crippen LogP contribution in [0.1, 0.15) is 90.7 Å². The Bertz CT molecular complexity index is 592. The van der Waals surface area contributed by atoms with E-state index < -0.39 is 5.79 Å². The molecule has 4 nitrogen and oxygen atoms in total. The maximum absolute atomic E-state index is 12.4. The Kier molecular flexibility index (Phi) is 10.6. The van der Waals surface area contributed by atoms with E-state index in [4.69, 9.17) is 9.47 Å². The van der Waals surface area contributed by atoms with E-state index >= 15 is 0 Å². The standard InChI is InChI=1S/C21H32O4.C3H8/c1-5-21(23,6-2)25-20-16(4)10-8-11-17(20)14-19(22)24-18-12-7-9-15(3)13-18;1-3-2/h8,10-11,15,18,23H,5-7,9,12-14H2,1-4H3;3H2,1-2H3. The van der Waals surface area contributed by atoms with E-state index in [1.807, 2.05) is 39.0 Å². The van der Waals surface area contributed by atoms with Crippen molar-refractivity contribution in [3.8, 4) is 5.75 Å². The van der Waals surface area contributed by atoms with Crippen LogP contribution >= 0.6 is 0 Å². The zero-order chi connectivity index (χ0) is 21.2. The molecule has 1 saturated carbocycles. The summed E-state index contributed by atoms with van der Waals surface area (Å²) in [7, 11) is 0. The molecule has 0 bridgehead atoms. The number of para-hydroxylation sites is 1. The molecule has 0 radical (unpaired) electrons. The van der Waals surface area contributed by atoms with Gasteiger partial charge in [0, 0.05) is 18.4 Å². The molecule has 0 saturated heterocycles. The van der Waals surface area contributed by atoms with Crippen LogP contribution in [0.25, 0.3) is 0 Å². The van der Waals surface area contributed by atoms with Gasteiger partial charge < -0.3 is 14.6 Å². The zero-order valence-corrected chi connectivity index (χ0v) is 18.7. The number of aliphatic hydroxyl groups is 1. The highest BCUT2D eigenvalue weighted by Crippen LogP contribution is 2.31. The highest BCUT2D eigenvalue weighted by atomic mass is 16.6. The topological polar surface area (TPSA) is 55.8 Å². The van der Waals surface area contributed by atoms with Gasteiger partial charge in [-0.2, -0.15) is 0 Å². The summed E-state index contributed by atoms with van der Waals surface area (Å²) in [5.74, 6) is -0.203. The molecule has 1 aliphatic carbocycles. The molecular formula is C24H40O4. The Morgan fingerprint density at radius 1 is 1.18 bits per heavy atom. The summed E-state index contributed by atoms with van der Waals surface area (Å²) in [6.07, 6.45) is 6.68. The van der Waals surface area contributed by atoms with E-state index in [1.165, 1.54) is 12.8 Å². The first-order chi connectivity index (χ1) is 13.3. The first kappa shape index (κ1) is 24.5. The van der Waals surface area contributed by atoms with Gasteiger partial charge in [0.2, 0.25) is 5.79 Å². The molecule has 2 unspecified atom stereocenters. The van der Waals surface area contributed by atoms with E-state index in [2.05, 4.69) is 20.8 Å². The van der Waals surface area contributed by atoms with Gasteiger partial charge in [0.05, 0.1) is 6.42 Å². The third-order valence-corrected chi connectivity index (χ3v) is 5.21. The summed E-state index contributed by atoms with van der Waals surface area (Å²) >= 11 is 0. The summed E-state index contributed by atoms with van der Waals surface area (Å²) in [5.41, 5.74) is 1.69. The molecule has 28 heavy (non-hydrogen) atoms. The summed E-state index contributed by atoms with van der Waals surface area (Å²) in [4.78, 5) is 12.4. The fraction of sp³-hybridized carbons (Fsp3) is 0.708. The Hall–Kier alpha value is -1.55. The van der Waals surface area contributed by atoms with Crippen LogP contribution in [0.2, 0.25) is 0 Å². The van der Waals surface area contributed by atoms with Crippen molar-refractivity contribution in [1.82, 2.24) is 0 Å². The van der Waals surface area contributed by atoms with E-state index in [0.29, 0.717) is 24.5 Å². The van der Waals surface area contributed by atoms with E-state index in [1.54, 1.807) is 0 Å². The predicted octanol–water partition coefficient (Wildman–Crippen LogP) is 5.96. The third-order valence-electron chi connectivity index (χ3n) is 5.21. The molecule has 1 aromatic rings. The average molecular weight is 393 g/mol. The number of carbonyl (C=O) groups is 1. The number of esters is 1. The molecule has 1 N–H and O–H groups in total. The van der Waals surface area contributed by atoms with Crippen LogP contribution in [0.4, 0.5) is 0 Å². The number of aryl methyl sites for hydroxylation is 1. The minimum atomic E-state index is -1.20. The maximum Gasteiger partial charge on any atom is 0.310 e. The van der Waals surface area contributed by atoms with Crippen LogP contribution in [-0.2, 0) is 16.0 Å². The van der Waals surface area contributed by atoms with Crippen LogP contribution in [0, 0.1) is 12.8 Å². The molecule has 0 amide bonds. The molecule has 4 heteroatoms. The van der Waals surface area contributed by atoms with E-state index in [0.717, 1.165) is 30.4 Å². The van der Waals surface area contributed by atoms with Gasteiger partial charge in [0.25, 0.3) is 0 Å². The smallest absolute Gasteiger partial charge is 0.310 e. The van der Waals surface area contributed by atoms with Gasteiger partial charge in [0.15, 0.2) is 0 Å². The quantitative estimate of drug-likeness (QED) is 0.459. The number of carbonyl (C=O) groups excluding carboxylic acids is 1. The molecule has 0 aromatic heterocycles. The van der Waals surface area contributed by atoms with Crippen molar-refractivity contribution in [3.63, 3.8) is 0 Å². The molecule has 2 atom stereocenters. The van der Waals surface area contributed by atoms with Crippen molar-refractivity contribution in [3.05, 3.63) is 29.3 Å². The fourth-order valence-electron chi connectivity index (χ4n) is 3.45. The number of hydrogen-bond acceptors (Lipinski definition) is 4. The van der Waals surface area contributed by atoms with Gasteiger partial charge in [0.1, 0.15) is 11.9 Å². The van der Waals surface area contributed by atoms with Crippen LogP contribution in [0.5, 0.6) is 5.75 Å². The van der Waals surface area contributed by atoms with E-state index in [-0.39, 0.29) is 18.5 Å². The molecule has 1 fully saturated rings. The lowest BCUT2D eigenvalue weighted by molar-refractivity contribution is -0.151. The second-order valence-electron chi connectivity index (χ2n) is 8.09. The van der Waals surface area contributed by atoms with Crippen LogP contribution in [-0.4, -0.2) is 23.0 Å². The minimum Gasteiger partial charge on any atom is -0.462 e. The number of rotatable bonds is 7.